The van der Waals surface area contributed by atoms with E-state index in [1.165, 1.54) is 26.4 Å². The summed E-state index contributed by atoms with van der Waals surface area (Å²) in [4.78, 5) is 27.4. The van der Waals surface area contributed by atoms with Crippen LogP contribution in [0.15, 0.2) is 35.7 Å². The molecule has 0 N–H and O–H groups in total. The number of benzene rings is 1. The number of hydrogen-bond acceptors (Lipinski definition) is 8. The third kappa shape index (κ3) is 4.92. The second kappa shape index (κ2) is 8.25. The molecule has 1 rings (SSSR count). The number of nitrogens with zero attached hydrogens (tertiary/aromatic N) is 1. The lowest BCUT2D eigenvalue weighted by Crippen LogP contribution is -2.18. The first-order valence-corrected chi connectivity index (χ1v) is 8.48. The average molecular weight is 355 g/mol. The topological polar surface area (TPSA) is 108 Å². The molecule has 0 aliphatic heterocycles. The van der Waals surface area contributed by atoms with Crippen LogP contribution in [0.1, 0.15) is 18.1 Å². The standard InChI is InChI=1S/C15H17NO7S/c1-10(17)23-16-14(24(4,19)20)12-8-6-5-7-11(12)13(9-21-2)15(18)22-3/h5-9H,1-4H3. The minimum Gasteiger partial charge on any atom is -0.503 e. The van der Waals surface area contributed by atoms with Gasteiger partial charge in [0.05, 0.1) is 20.5 Å². The van der Waals surface area contributed by atoms with E-state index in [1.807, 2.05) is 0 Å². The SMILES string of the molecule is COC=C(C(=O)OC)c1ccccc1C(=NOC(C)=O)S(C)(=O)=O. The van der Waals surface area contributed by atoms with Gasteiger partial charge >= 0.3 is 11.9 Å². The van der Waals surface area contributed by atoms with E-state index in [9.17, 15) is 18.0 Å². The van der Waals surface area contributed by atoms with Gasteiger partial charge in [0.2, 0.25) is 5.04 Å². The number of esters is 1. The van der Waals surface area contributed by atoms with Gasteiger partial charge in [-0.15, -0.1) is 0 Å². The molecular formula is C15H17NO7S. The van der Waals surface area contributed by atoms with Crippen molar-refractivity contribution in [2.75, 3.05) is 20.5 Å². The molecule has 0 bridgehead atoms. The molecule has 0 saturated heterocycles. The monoisotopic (exact) mass is 355 g/mol. The van der Waals surface area contributed by atoms with Gasteiger partial charge in [-0.1, -0.05) is 29.4 Å². The molecule has 130 valence electrons. The van der Waals surface area contributed by atoms with Crippen molar-refractivity contribution in [1.29, 1.82) is 0 Å². The van der Waals surface area contributed by atoms with Crippen molar-refractivity contribution >= 4 is 32.4 Å². The molecule has 0 amide bonds. The minimum atomic E-state index is -3.86. The lowest BCUT2D eigenvalue weighted by Gasteiger charge is -2.12. The van der Waals surface area contributed by atoms with Gasteiger partial charge < -0.3 is 14.3 Å². The lowest BCUT2D eigenvalue weighted by atomic mass is 10.0. The number of carbonyl (C=O) groups excluding carboxylic acids is 2. The van der Waals surface area contributed by atoms with E-state index in [0.29, 0.717) is 0 Å². The van der Waals surface area contributed by atoms with Gasteiger partial charge in [-0.2, -0.15) is 0 Å². The molecular weight excluding hydrogens is 338 g/mol. The van der Waals surface area contributed by atoms with E-state index >= 15 is 0 Å². The highest BCUT2D eigenvalue weighted by Crippen LogP contribution is 2.23. The average Bonchev–Trinajstić information content (AvgIpc) is 2.51. The normalized spacial score (nSPS) is 12.5. The van der Waals surface area contributed by atoms with Gasteiger partial charge in [-0.05, 0) is 0 Å². The van der Waals surface area contributed by atoms with Crippen LogP contribution in [0.3, 0.4) is 0 Å². The van der Waals surface area contributed by atoms with Gasteiger partial charge in [-0.25, -0.2) is 18.0 Å². The molecule has 24 heavy (non-hydrogen) atoms. The van der Waals surface area contributed by atoms with Crippen LogP contribution in [-0.4, -0.2) is 45.9 Å². The molecule has 0 unspecified atom stereocenters. The number of methoxy groups -OCH3 is 2. The van der Waals surface area contributed by atoms with Crippen molar-refractivity contribution < 1.29 is 32.3 Å². The summed E-state index contributed by atoms with van der Waals surface area (Å²) in [5, 5.41) is 2.91. The van der Waals surface area contributed by atoms with Crippen LogP contribution in [-0.2, 0) is 33.7 Å². The van der Waals surface area contributed by atoms with E-state index in [-0.39, 0.29) is 16.7 Å². The third-order valence-electron chi connectivity index (χ3n) is 2.70. The van der Waals surface area contributed by atoms with E-state index in [1.54, 1.807) is 12.1 Å². The first-order chi connectivity index (χ1) is 11.2. The van der Waals surface area contributed by atoms with Gasteiger partial charge in [0.15, 0.2) is 9.84 Å². The molecule has 0 aliphatic carbocycles. The number of rotatable bonds is 5. The van der Waals surface area contributed by atoms with Crippen LogP contribution >= 0.6 is 0 Å². The summed E-state index contributed by atoms with van der Waals surface area (Å²) in [7, 11) is -1.36. The number of carbonyl (C=O) groups is 2. The van der Waals surface area contributed by atoms with Crippen LogP contribution in [0.25, 0.3) is 5.57 Å². The Hall–Kier alpha value is -2.68. The van der Waals surface area contributed by atoms with Crippen molar-refractivity contribution in [3.8, 4) is 0 Å². The minimum absolute atomic E-state index is 0.0187. The van der Waals surface area contributed by atoms with Gasteiger partial charge in [-0.3, -0.25) is 0 Å². The van der Waals surface area contributed by atoms with Crippen LogP contribution in [0.2, 0.25) is 0 Å². The van der Waals surface area contributed by atoms with Crippen molar-refractivity contribution in [2.45, 2.75) is 6.92 Å². The zero-order valence-electron chi connectivity index (χ0n) is 13.6. The molecule has 0 heterocycles. The van der Waals surface area contributed by atoms with E-state index in [2.05, 4.69) is 14.7 Å². The smallest absolute Gasteiger partial charge is 0.341 e. The van der Waals surface area contributed by atoms with E-state index < -0.39 is 26.8 Å². The van der Waals surface area contributed by atoms with Gasteiger partial charge in [0.1, 0.15) is 5.57 Å². The van der Waals surface area contributed by atoms with Crippen LogP contribution in [0.4, 0.5) is 0 Å². The molecule has 0 saturated carbocycles. The van der Waals surface area contributed by atoms with Crippen LogP contribution < -0.4 is 0 Å². The summed E-state index contributed by atoms with van der Waals surface area (Å²) >= 11 is 0. The second-order valence-electron chi connectivity index (χ2n) is 4.56. The first kappa shape index (κ1) is 19.4. The molecule has 0 fully saturated rings. The highest BCUT2D eigenvalue weighted by atomic mass is 32.2. The summed E-state index contributed by atoms with van der Waals surface area (Å²) in [5.41, 5.74) is 0.243. The van der Waals surface area contributed by atoms with Crippen molar-refractivity contribution in [3.05, 3.63) is 41.7 Å². The molecule has 9 heteroatoms. The summed E-state index contributed by atoms with van der Waals surface area (Å²) in [5.74, 6) is -1.51. The van der Waals surface area contributed by atoms with E-state index in [0.717, 1.165) is 19.4 Å². The summed E-state index contributed by atoms with van der Waals surface area (Å²) in [6.07, 6.45) is 2.03. The number of sulfone groups is 1. The Bertz CT molecular complexity index is 794. The van der Waals surface area contributed by atoms with Crippen LogP contribution in [0, 0.1) is 0 Å². The Balaban J connectivity index is 3.64. The van der Waals surface area contributed by atoms with Gasteiger partial charge in [0.25, 0.3) is 0 Å². The highest BCUT2D eigenvalue weighted by Gasteiger charge is 2.25. The molecule has 0 aromatic heterocycles. The summed E-state index contributed by atoms with van der Waals surface area (Å²) < 4.78 is 33.6. The predicted molar refractivity (Wildman–Crippen MR) is 86.6 cm³/mol. The summed E-state index contributed by atoms with van der Waals surface area (Å²) in [6.45, 7) is 1.08. The zero-order chi connectivity index (χ0) is 18.3. The van der Waals surface area contributed by atoms with Crippen molar-refractivity contribution in [2.24, 2.45) is 5.16 Å². The number of hydrogen-bond donors (Lipinski definition) is 0. The molecule has 0 aliphatic rings. The lowest BCUT2D eigenvalue weighted by molar-refractivity contribution is -0.141. The summed E-state index contributed by atoms with van der Waals surface area (Å²) in [6, 6.07) is 6.06. The molecule has 1 aromatic rings. The number of ether oxygens (including phenoxy) is 2. The molecule has 0 spiro atoms. The Morgan fingerprint density at radius 3 is 2.17 bits per heavy atom. The fourth-order valence-corrected chi connectivity index (χ4v) is 2.53. The Kier molecular flexibility index (Phi) is 6.66. The largest absolute Gasteiger partial charge is 0.503 e. The van der Waals surface area contributed by atoms with Crippen molar-refractivity contribution in [3.63, 3.8) is 0 Å². The fraction of sp³-hybridized carbons (Fsp3) is 0.267. The fourth-order valence-electron chi connectivity index (χ4n) is 1.78. The Morgan fingerprint density at radius 1 is 1.12 bits per heavy atom. The number of oxime groups is 1. The first-order valence-electron chi connectivity index (χ1n) is 6.59. The van der Waals surface area contributed by atoms with Crippen LogP contribution in [0.5, 0.6) is 0 Å². The molecule has 8 nitrogen and oxygen atoms in total. The Labute approximate surface area is 139 Å². The molecule has 0 atom stereocenters. The third-order valence-corrected chi connectivity index (χ3v) is 3.69. The highest BCUT2D eigenvalue weighted by molar-refractivity contribution is 8.06. The zero-order valence-corrected chi connectivity index (χ0v) is 14.4. The van der Waals surface area contributed by atoms with Gasteiger partial charge in [0, 0.05) is 24.3 Å². The maximum atomic E-state index is 12.0. The molecule has 0 radical (unpaired) electrons. The maximum Gasteiger partial charge on any atom is 0.341 e. The van der Waals surface area contributed by atoms with E-state index in [4.69, 9.17) is 4.74 Å². The quantitative estimate of drug-likeness (QED) is 0.148. The predicted octanol–water partition coefficient (Wildman–Crippen LogP) is 1.12. The molecule has 1 aromatic carbocycles. The second-order valence-corrected chi connectivity index (χ2v) is 6.49. The maximum absolute atomic E-state index is 12.0. The van der Waals surface area contributed by atoms with Crippen molar-refractivity contribution in [1.82, 2.24) is 0 Å². The Morgan fingerprint density at radius 2 is 1.71 bits per heavy atom.